The molecule has 4 aromatic rings. The van der Waals surface area contributed by atoms with Crippen LogP contribution in [-0.2, 0) is 11.3 Å². The zero-order valence-electron chi connectivity index (χ0n) is 18.3. The van der Waals surface area contributed by atoms with E-state index in [9.17, 15) is 9.90 Å². The van der Waals surface area contributed by atoms with Crippen molar-refractivity contribution in [3.63, 3.8) is 0 Å². The molecule has 2 heterocycles. The van der Waals surface area contributed by atoms with E-state index in [4.69, 9.17) is 9.47 Å². The van der Waals surface area contributed by atoms with Gasteiger partial charge in [-0.15, -0.1) is 20.4 Å². The maximum Gasteiger partial charge on any atom is 0.275 e. The minimum absolute atomic E-state index is 0.0245. The Morgan fingerprint density at radius 3 is 2.70 bits per heavy atom. The number of hydrogen-bond acceptors (Lipinski definition) is 8. The lowest BCUT2D eigenvalue weighted by molar-refractivity contribution is -0.115. The number of aromatic amines is 1. The summed E-state index contributed by atoms with van der Waals surface area (Å²) in [4.78, 5) is 15.1. The molecule has 0 radical (unpaired) electrons. The van der Waals surface area contributed by atoms with Gasteiger partial charge in [0, 0.05) is 17.5 Å². The number of benzene rings is 2. The molecule has 1 amide bonds. The van der Waals surface area contributed by atoms with Gasteiger partial charge in [0.2, 0.25) is 5.88 Å². The lowest BCUT2D eigenvalue weighted by atomic mass is 10.2. The van der Waals surface area contributed by atoms with E-state index in [2.05, 4.69) is 25.4 Å². The molecule has 0 unspecified atom stereocenters. The van der Waals surface area contributed by atoms with E-state index < -0.39 is 5.91 Å². The number of rotatable bonds is 8. The Balaban J connectivity index is 1.49. The summed E-state index contributed by atoms with van der Waals surface area (Å²) in [5.41, 5.74) is 1.76. The first-order valence-corrected chi connectivity index (χ1v) is 11.1. The van der Waals surface area contributed by atoms with Gasteiger partial charge in [-0.1, -0.05) is 30.0 Å². The van der Waals surface area contributed by atoms with Crippen LogP contribution >= 0.6 is 11.8 Å². The molecule has 0 fully saturated rings. The fourth-order valence-corrected chi connectivity index (χ4v) is 4.12. The first-order valence-electron chi connectivity index (χ1n) is 10.1. The van der Waals surface area contributed by atoms with E-state index in [1.807, 2.05) is 35.8 Å². The lowest BCUT2D eigenvalue weighted by Crippen LogP contribution is -2.03. The molecule has 4 rings (SSSR count). The Morgan fingerprint density at radius 1 is 1.15 bits per heavy atom. The Bertz CT molecular complexity index is 1330. The van der Waals surface area contributed by atoms with Crippen LogP contribution in [-0.4, -0.2) is 50.7 Å². The fourth-order valence-electron chi connectivity index (χ4n) is 3.34. The van der Waals surface area contributed by atoms with Crippen LogP contribution in [0.1, 0.15) is 6.92 Å². The monoisotopic (exact) mass is 466 g/mol. The van der Waals surface area contributed by atoms with E-state index in [1.54, 1.807) is 32.4 Å². The van der Waals surface area contributed by atoms with Crippen molar-refractivity contribution < 1.29 is 19.4 Å². The lowest BCUT2D eigenvalue weighted by Gasteiger charge is -2.10. The molecule has 10 nitrogen and oxygen atoms in total. The molecule has 33 heavy (non-hydrogen) atoms. The summed E-state index contributed by atoms with van der Waals surface area (Å²) >= 11 is 1.22. The molecule has 11 heteroatoms. The second-order valence-electron chi connectivity index (χ2n) is 6.87. The SMILES string of the molecule is CCn1c(SCC(=O)N=Nc2c(O)[nH]c3ccccc23)nnc1-c1ccc(OC)c(OC)c1. The highest BCUT2D eigenvalue weighted by atomic mass is 32.2. The fraction of sp³-hybridized carbons (Fsp3) is 0.227. The van der Waals surface area contributed by atoms with Gasteiger partial charge in [-0.2, -0.15) is 0 Å². The van der Waals surface area contributed by atoms with Crippen molar-refractivity contribution in [1.29, 1.82) is 0 Å². The van der Waals surface area contributed by atoms with E-state index in [0.717, 1.165) is 5.56 Å². The number of azo groups is 1. The molecular weight excluding hydrogens is 444 g/mol. The largest absolute Gasteiger partial charge is 0.493 e. The maximum absolute atomic E-state index is 12.3. The van der Waals surface area contributed by atoms with Gasteiger partial charge in [0.25, 0.3) is 5.91 Å². The minimum atomic E-state index is -0.456. The molecule has 0 saturated carbocycles. The van der Waals surface area contributed by atoms with Gasteiger partial charge in [0.05, 0.1) is 25.5 Å². The molecule has 0 saturated heterocycles. The Kier molecular flexibility index (Phi) is 6.59. The van der Waals surface area contributed by atoms with Crippen LogP contribution in [0, 0.1) is 0 Å². The molecule has 2 aromatic carbocycles. The molecule has 0 spiro atoms. The highest BCUT2D eigenvalue weighted by Gasteiger charge is 2.17. The van der Waals surface area contributed by atoms with Gasteiger partial charge in [0.15, 0.2) is 28.2 Å². The van der Waals surface area contributed by atoms with Gasteiger partial charge < -0.3 is 24.1 Å². The van der Waals surface area contributed by atoms with Crippen molar-refractivity contribution in [1.82, 2.24) is 19.7 Å². The predicted molar refractivity (Wildman–Crippen MR) is 124 cm³/mol. The standard InChI is InChI=1S/C22H22N6O4S/c1-4-28-20(13-9-10-16(31-2)17(11-13)32-3)26-27-22(28)33-12-18(29)24-25-19-14-7-5-6-8-15(14)23-21(19)30/h5-11,23,30H,4,12H2,1-3H3. The first-order chi connectivity index (χ1) is 16.0. The number of fused-ring (bicyclic) bond motifs is 1. The minimum Gasteiger partial charge on any atom is -0.493 e. The highest BCUT2D eigenvalue weighted by molar-refractivity contribution is 7.99. The Hall–Kier alpha value is -3.86. The number of para-hydroxylation sites is 1. The number of ether oxygens (including phenoxy) is 2. The summed E-state index contributed by atoms with van der Waals surface area (Å²) in [6.07, 6.45) is 0. The summed E-state index contributed by atoms with van der Waals surface area (Å²) in [6.45, 7) is 2.58. The second kappa shape index (κ2) is 9.74. The maximum atomic E-state index is 12.3. The zero-order chi connectivity index (χ0) is 23.4. The first kappa shape index (κ1) is 22.3. The van der Waals surface area contributed by atoms with Gasteiger partial charge in [-0.25, -0.2) is 0 Å². The van der Waals surface area contributed by atoms with Gasteiger partial charge in [0.1, 0.15) is 0 Å². The topological polar surface area (TPSA) is 127 Å². The summed E-state index contributed by atoms with van der Waals surface area (Å²) in [5.74, 6) is 1.30. The van der Waals surface area contributed by atoms with E-state index in [-0.39, 0.29) is 17.3 Å². The normalized spacial score (nSPS) is 11.4. The summed E-state index contributed by atoms with van der Waals surface area (Å²) in [7, 11) is 3.15. The molecular formula is C22H22N6O4S. The molecule has 0 aliphatic heterocycles. The molecule has 0 bridgehead atoms. The number of H-pyrrole nitrogens is 1. The number of carbonyl (C=O) groups excluding carboxylic acids is 1. The van der Waals surface area contributed by atoms with Gasteiger partial charge in [-0.3, -0.25) is 4.79 Å². The van der Waals surface area contributed by atoms with Crippen LogP contribution in [0.3, 0.4) is 0 Å². The zero-order valence-corrected chi connectivity index (χ0v) is 19.1. The predicted octanol–water partition coefficient (Wildman–Crippen LogP) is 4.57. The molecule has 2 N–H and O–H groups in total. The van der Waals surface area contributed by atoms with Crippen LogP contribution in [0.5, 0.6) is 17.4 Å². The van der Waals surface area contributed by atoms with Crippen LogP contribution in [0.2, 0.25) is 0 Å². The van der Waals surface area contributed by atoms with Gasteiger partial charge >= 0.3 is 0 Å². The number of carbonyl (C=O) groups is 1. The molecule has 0 aliphatic rings. The van der Waals surface area contributed by atoms with Crippen LogP contribution in [0.25, 0.3) is 22.3 Å². The van der Waals surface area contributed by atoms with Gasteiger partial charge in [-0.05, 0) is 31.2 Å². The third kappa shape index (κ3) is 4.53. The smallest absolute Gasteiger partial charge is 0.275 e. The number of amides is 1. The van der Waals surface area contributed by atoms with E-state index in [1.165, 1.54) is 11.8 Å². The van der Waals surface area contributed by atoms with Crippen molar-refractivity contribution in [3.8, 4) is 28.8 Å². The quantitative estimate of drug-likeness (QED) is 0.288. The molecule has 170 valence electrons. The van der Waals surface area contributed by atoms with E-state index in [0.29, 0.717) is 39.9 Å². The molecule has 0 aliphatic carbocycles. The highest BCUT2D eigenvalue weighted by Crippen LogP contribution is 2.35. The molecule has 0 atom stereocenters. The number of thioether (sulfide) groups is 1. The third-order valence-corrected chi connectivity index (χ3v) is 5.87. The summed E-state index contributed by atoms with van der Waals surface area (Å²) in [5, 5.41) is 27.5. The van der Waals surface area contributed by atoms with Crippen molar-refractivity contribution in [2.45, 2.75) is 18.6 Å². The number of aromatic nitrogens is 4. The Labute approximate surface area is 193 Å². The average Bonchev–Trinajstić information content (AvgIpc) is 3.40. The summed E-state index contributed by atoms with van der Waals surface area (Å²) in [6, 6.07) is 12.8. The number of nitrogens with zero attached hydrogens (tertiary/aromatic N) is 5. The average molecular weight is 467 g/mol. The summed E-state index contributed by atoms with van der Waals surface area (Å²) < 4.78 is 12.6. The molecule has 2 aromatic heterocycles. The van der Waals surface area contributed by atoms with Crippen molar-refractivity contribution in [2.75, 3.05) is 20.0 Å². The number of aromatic hydroxyl groups is 1. The second-order valence-corrected chi connectivity index (χ2v) is 7.81. The Morgan fingerprint density at radius 2 is 1.94 bits per heavy atom. The number of hydrogen-bond donors (Lipinski definition) is 2. The van der Waals surface area contributed by atoms with Crippen molar-refractivity contribution in [2.24, 2.45) is 10.2 Å². The van der Waals surface area contributed by atoms with Crippen LogP contribution in [0.15, 0.2) is 57.8 Å². The van der Waals surface area contributed by atoms with Crippen molar-refractivity contribution in [3.05, 3.63) is 42.5 Å². The number of methoxy groups -OCH3 is 2. The van der Waals surface area contributed by atoms with Crippen LogP contribution in [0.4, 0.5) is 5.69 Å². The van der Waals surface area contributed by atoms with Crippen molar-refractivity contribution >= 4 is 34.3 Å². The third-order valence-electron chi connectivity index (χ3n) is 4.92. The van der Waals surface area contributed by atoms with E-state index >= 15 is 0 Å². The van der Waals surface area contributed by atoms with Crippen LogP contribution < -0.4 is 9.47 Å². The number of nitrogens with one attached hydrogen (secondary N) is 1.